The van der Waals surface area contributed by atoms with Crippen molar-refractivity contribution in [2.45, 2.75) is 12.2 Å². The third-order valence-corrected chi connectivity index (χ3v) is 2.21. The van der Waals surface area contributed by atoms with Gasteiger partial charge in [-0.3, -0.25) is 4.79 Å². The predicted molar refractivity (Wildman–Crippen MR) is 53.3 cm³/mol. The highest BCUT2D eigenvalue weighted by Gasteiger charge is 2.23. The lowest BCUT2D eigenvalue weighted by Crippen LogP contribution is -2.33. The van der Waals surface area contributed by atoms with E-state index in [-0.39, 0.29) is 16.3 Å². The predicted octanol–water partition coefficient (Wildman–Crippen LogP) is -0.0748. The molecule has 0 saturated heterocycles. The third kappa shape index (κ3) is 2.59. The normalized spacial score (nSPS) is 14.6. The van der Waals surface area contributed by atoms with E-state index in [1.54, 1.807) is 0 Å². The van der Waals surface area contributed by atoms with Crippen molar-refractivity contribution >= 4 is 17.5 Å². The second-order valence-electron chi connectivity index (χ2n) is 3.00. The van der Waals surface area contributed by atoms with Gasteiger partial charge in [-0.1, -0.05) is 17.7 Å². The van der Waals surface area contributed by atoms with Gasteiger partial charge < -0.3 is 21.1 Å². The molecule has 1 amide bonds. The molecule has 0 aromatic heterocycles. The summed E-state index contributed by atoms with van der Waals surface area (Å²) < 4.78 is 0. The van der Waals surface area contributed by atoms with E-state index in [1.165, 1.54) is 18.2 Å². The third-order valence-electron chi connectivity index (χ3n) is 1.90. The maximum absolute atomic E-state index is 10.6. The molecule has 5 nitrogen and oxygen atoms in total. The molecule has 0 saturated carbocycles. The number of rotatable bonds is 3. The molecule has 1 rings (SSSR count). The lowest BCUT2D eigenvalue weighted by Gasteiger charge is -2.15. The molecule has 1 aromatic rings. The standard InChI is InChI=1S/C9H10ClNO4/c10-5-3-4(1-2-6(5)12)7(13)8(14)9(11)15/h1-3,7-8,12-14H,(H2,11,15). The van der Waals surface area contributed by atoms with Crippen molar-refractivity contribution in [1.29, 1.82) is 0 Å². The summed E-state index contributed by atoms with van der Waals surface area (Å²) in [5, 5.41) is 27.8. The first-order valence-electron chi connectivity index (χ1n) is 4.07. The monoisotopic (exact) mass is 231 g/mol. The highest BCUT2D eigenvalue weighted by molar-refractivity contribution is 6.32. The summed E-state index contributed by atoms with van der Waals surface area (Å²) >= 11 is 5.58. The lowest BCUT2D eigenvalue weighted by atomic mass is 10.0. The summed E-state index contributed by atoms with van der Waals surface area (Å²) in [7, 11) is 0. The first-order chi connectivity index (χ1) is 6.93. The second-order valence-corrected chi connectivity index (χ2v) is 3.41. The van der Waals surface area contributed by atoms with Crippen LogP contribution in [0, 0.1) is 0 Å². The van der Waals surface area contributed by atoms with Crippen LogP contribution < -0.4 is 5.73 Å². The van der Waals surface area contributed by atoms with E-state index in [4.69, 9.17) is 22.4 Å². The number of aliphatic hydroxyl groups is 2. The SMILES string of the molecule is NC(=O)C(O)C(O)c1ccc(O)c(Cl)c1. The van der Waals surface area contributed by atoms with Crippen LogP contribution >= 0.6 is 11.6 Å². The number of hydrogen-bond acceptors (Lipinski definition) is 4. The molecule has 0 bridgehead atoms. The van der Waals surface area contributed by atoms with Gasteiger partial charge in [-0.2, -0.15) is 0 Å². The minimum atomic E-state index is -1.70. The van der Waals surface area contributed by atoms with Gasteiger partial charge in [0.2, 0.25) is 5.91 Å². The largest absolute Gasteiger partial charge is 0.506 e. The fourth-order valence-corrected chi connectivity index (χ4v) is 1.23. The van der Waals surface area contributed by atoms with Crippen LogP contribution in [0.1, 0.15) is 11.7 Å². The molecule has 0 aliphatic carbocycles. The highest BCUT2D eigenvalue weighted by atomic mass is 35.5. The summed E-state index contributed by atoms with van der Waals surface area (Å²) in [5.41, 5.74) is 5.01. The molecule has 0 aliphatic heterocycles. The number of benzene rings is 1. The van der Waals surface area contributed by atoms with Crippen LogP contribution in [-0.4, -0.2) is 27.3 Å². The molecule has 2 atom stereocenters. The van der Waals surface area contributed by atoms with Crippen LogP contribution in [0.4, 0.5) is 0 Å². The van der Waals surface area contributed by atoms with Gasteiger partial charge in [-0.15, -0.1) is 0 Å². The van der Waals surface area contributed by atoms with E-state index in [0.717, 1.165) is 0 Å². The van der Waals surface area contributed by atoms with Gasteiger partial charge in [-0.05, 0) is 17.7 Å². The van der Waals surface area contributed by atoms with Crippen LogP contribution in [0.2, 0.25) is 5.02 Å². The molecule has 0 aliphatic rings. The van der Waals surface area contributed by atoms with Crippen LogP contribution in [0.3, 0.4) is 0 Å². The Hall–Kier alpha value is -1.30. The van der Waals surface area contributed by atoms with E-state index in [9.17, 15) is 15.0 Å². The van der Waals surface area contributed by atoms with E-state index >= 15 is 0 Å². The van der Waals surface area contributed by atoms with E-state index < -0.39 is 18.1 Å². The van der Waals surface area contributed by atoms with E-state index in [2.05, 4.69) is 0 Å². The van der Waals surface area contributed by atoms with Crippen molar-refractivity contribution in [2.24, 2.45) is 5.73 Å². The molecule has 2 unspecified atom stereocenters. The van der Waals surface area contributed by atoms with Gasteiger partial charge in [0.15, 0.2) is 6.10 Å². The quantitative estimate of drug-likeness (QED) is 0.584. The molecular formula is C9H10ClNO4. The Morgan fingerprint density at radius 2 is 2.00 bits per heavy atom. The maximum atomic E-state index is 10.6. The first-order valence-corrected chi connectivity index (χ1v) is 4.45. The van der Waals surface area contributed by atoms with Crippen molar-refractivity contribution in [2.75, 3.05) is 0 Å². The van der Waals surface area contributed by atoms with Crippen molar-refractivity contribution in [3.8, 4) is 5.75 Å². The second kappa shape index (κ2) is 4.48. The minimum absolute atomic E-state index is 0.0169. The van der Waals surface area contributed by atoms with Crippen LogP contribution in [0.25, 0.3) is 0 Å². The number of aromatic hydroxyl groups is 1. The van der Waals surface area contributed by atoms with Crippen LogP contribution in [-0.2, 0) is 4.79 Å². The number of phenolic OH excluding ortho intramolecular Hbond substituents is 1. The lowest BCUT2D eigenvalue weighted by molar-refractivity contribution is -0.131. The number of hydrogen-bond donors (Lipinski definition) is 4. The first kappa shape index (κ1) is 11.8. The topological polar surface area (TPSA) is 104 Å². The fraction of sp³-hybridized carbons (Fsp3) is 0.222. The Kier molecular flexibility index (Phi) is 3.52. The molecule has 0 spiro atoms. The summed E-state index contributed by atoms with van der Waals surface area (Å²) in [6, 6.07) is 3.82. The fourth-order valence-electron chi connectivity index (χ4n) is 1.05. The van der Waals surface area contributed by atoms with Gasteiger partial charge in [0.05, 0.1) is 5.02 Å². The molecule has 1 aromatic carbocycles. The number of carbonyl (C=O) groups is 1. The zero-order valence-corrected chi connectivity index (χ0v) is 8.35. The zero-order chi connectivity index (χ0) is 11.6. The van der Waals surface area contributed by atoms with Crippen molar-refractivity contribution < 1.29 is 20.1 Å². The van der Waals surface area contributed by atoms with Crippen molar-refractivity contribution in [3.63, 3.8) is 0 Å². The number of amides is 1. The number of carbonyl (C=O) groups excluding carboxylic acids is 1. The van der Waals surface area contributed by atoms with Gasteiger partial charge in [-0.25, -0.2) is 0 Å². The molecule has 15 heavy (non-hydrogen) atoms. The Morgan fingerprint density at radius 1 is 1.40 bits per heavy atom. The van der Waals surface area contributed by atoms with Crippen molar-refractivity contribution in [1.82, 2.24) is 0 Å². The number of phenols is 1. The Balaban J connectivity index is 2.96. The Morgan fingerprint density at radius 3 is 2.47 bits per heavy atom. The summed E-state index contributed by atoms with van der Waals surface area (Å²) in [6.07, 6.45) is -3.16. The van der Waals surface area contributed by atoms with Gasteiger partial charge in [0.1, 0.15) is 11.9 Å². The van der Waals surface area contributed by atoms with Gasteiger partial charge >= 0.3 is 0 Å². The maximum Gasteiger partial charge on any atom is 0.249 e. The molecule has 0 heterocycles. The summed E-state index contributed by atoms with van der Waals surface area (Å²) in [5.74, 6) is -1.19. The van der Waals surface area contributed by atoms with Crippen LogP contribution in [0.15, 0.2) is 18.2 Å². The Bertz CT molecular complexity index is 382. The Labute approximate surface area is 90.7 Å². The number of halogens is 1. The summed E-state index contributed by atoms with van der Waals surface area (Å²) in [4.78, 5) is 10.6. The molecular weight excluding hydrogens is 222 g/mol. The van der Waals surface area contributed by atoms with E-state index in [1.807, 2.05) is 0 Å². The zero-order valence-electron chi connectivity index (χ0n) is 7.59. The highest BCUT2D eigenvalue weighted by Crippen LogP contribution is 2.27. The minimum Gasteiger partial charge on any atom is -0.506 e. The van der Waals surface area contributed by atoms with Crippen LogP contribution in [0.5, 0.6) is 5.75 Å². The summed E-state index contributed by atoms with van der Waals surface area (Å²) in [6.45, 7) is 0. The number of nitrogens with two attached hydrogens (primary N) is 1. The average molecular weight is 232 g/mol. The van der Waals surface area contributed by atoms with Crippen molar-refractivity contribution in [3.05, 3.63) is 28.8 Å². The molecule has 6 heteroatoms. The number of aliphatic hydroxyl groups excluding tert-OH is 2. The number of primary amides is 1. The van der Waals surface area contributed by atoms with Gasteiger partial charge in [0, 0.05) is 0 Å². The molecule has 5 N–H and O–H groups in total. The van der Waals surface area contributed by atoms with E-state index in [0.29, 0.717) is 0 Å². The average Bonchev–Trinajstić information content (AvgIpc) is 2.19. The molecule has 0 radical (unpaired) electrons. The molecule has 0 fully saturated rings. The molecule has 82 valence electrons. The van der Waals surface area contributed by atoms with Gasteiger partial charge in [0.25, 0.3) is 0 Å². The smallest absolute Gasteiger partial charge is 0.249 e.